The van der Waals surface area contributed by atoms with E-state index < -0.39 is 6.04 Å². The fourth-order valence-corrected chi connectivity index (χ4v) is 4.20. The van der Waals surface area contributed by atoms with Crippen LogP contribution in [0, 0.1) is 6.92 Å². The summed E-state index contributed by atoms with van der Waals surface area (Å²) >= 11 is 5.02. The van der Waals surface area contributed by atoms with E-state index >= 15 is 0 Å². The molecule has 4 nitrogen and oxygen atoms in total. The van der Waals surface area contributed by atoms with E-state index in [1.807, 2.05) is 57.2 Å². The Morgan fingerprint density at radius 3 is 2.33 bits per heavy atom. The molecule has 0 radical (unpaired) electrons. The van der Waals surface area contributed by atoms with Crippen molar-refractivity contribution in [3.05, 3.63) is 69.7 Å². The highest BCUT2D eigenvalue weighted by Crippen LogP contribution is 2.19. The molecule has 162 valence electrons. The Bertz CT molecular complexity index is 862. The smallest absolute Gasteiger partial charge is 0.242 e. The minimum atomic E-state index is -0.556. The second kappa shape index (κ2) is 11.0. The number of hydrogen-bond acceptors (Lipinski definition) is 3. The molecule has 2 aromatic carbocycles. The van der Waals surface area contributed by atoms with Gasteiger partial charge in [0.2, 0.25) is 11.8 Å². The summed E-state index contributed by atoms with van der Waals surface area (Å²) in [6, 6.07) is 15.5. The van der Waals surface area contributed by atoms with Gasteiger partial charge in [-0.25, -0.2) is 0 Å². The Balaban J connectivity index is 2.10. The molecule has 0 spiro atoms. The van der Waals surface area contributed by atoms with Gasteiger partial charge in [-0.2, -0.15) is 0 Å². The minimum absolute atomic E-state index is 0.0342. The van der Waals surface area contributed by atoms with Crippen LogP contribution in [0.4, 0.5) is 0 Å². The van der Waals surface area contributed by atoms with Crippen LogP contribution >= 0.6 is 27.7 Å². The van der Waals surface area contributed by atoms with E-state index in [0.717, 1.165) is 15.8 Å². The number of hydrogen-bond donors (Lipinski definition) is 1. The lowest BCUT2D eigenvalue weighted by Gasteiger charge is -2.31. The van der Waals surface area contributed by atoms with Crippen molar-refractivity contribution in [3.63, 3.8) is 0 Å². The Morgan fingerprint density at radius 2 is 1.73 bits per heavy atom. The second-order valence-electron chi connectivity index (χ2n) is 8.48. The van der Waals surface area contributed by atoms with Crippen LogP contribution in [-0.4, -0.2) is 34.0 Å². The monoisotopic (exact) mass is 490 g/mol. The molecule has 30 heavy (non-hydrogen) atoms. The zero-order chi connectivity index (χ0) is 22.3. The summed E-state index contributed by atoms with van der Waals surface area (Å²) in [6.07, 6.45) is 0. The number of rotatable bonds is 8. The maximum Gasteiger partial charge on any atom is 0.242 e. The van der Waals surface area contributed by atoms with Crippen molar-refractivity contribution in [2.75, 3.05) is 5.75 Å². The molecule has 0 heterocycles. The normalized spacial score (nSPS) is 12.3. The molecule has 0 fully saturated rings. The van der Waals surface area contributed by atoms with Crippen molar-refractivity contribution in [1.29, 1.82) is 0 Å². The van der Waals surface area contributed by atoms with Crippen molar-refractivity contribution in [3.8, 4) is 0 Å². The Morgan fingerprint density at radius 1 is 1.10 bits per heavy atom. The molecule has 6 heteroatoms. The second-order valence-corrected chi connectivity index (χ2v) is 10.4. The molecule has 0 aromatic heterocycles. The van der Waals surface area contributed by atoms with E-state index in [4.69, 9.17) is 0 Å². The first-order chi connectivity index (χ1) is 14.1. The summed E-state index contributed by atoms with van der Waals surface area (Å²) in [7, 11) is 0. The number of carbonyl (C=O) groups excluding carboxylic acids is 2. The summed E-state index contributed by atoms with van der Waals surface area (Å²) in [4.78, 5) is 27.6. The first kappa shape index (κ1) is 24.5. The SMILES string of the molecule is Cc1ccccc1CSCC(=O)N(Cc1ccc(Br)cc1)C(C)C(=O)NC(C)(C)C. The molecule has 1 unspecified atom stereocenters. The van der Waals surface area contributed by atoms with Crippen LogP contribution in [-0.2, 0) is 21.9 Å². The molecule has 1 atom stereocenters. The minimum Gasteiger partial charge on any atom is -0.350 e. The van der Waals surface area contributed by atoms with Crippen molar-refractivity contribution >= 4 is 39.5 Å². The molecule has 0 aliphatic heterocycles. The quantitative estimate of drug-likeness (QED) is 0.544. The molecule has 0 aliphatic rings. The molecule has 2 amide bonds. The fourth-order valence-electron chi connectivity index (χ4n) is 2.95. The maximum atomic E-state index is 13.1. The van der Waals surface area contributed by atoms with E-state index in [2.05, 4.69) is 40.3 Å². The van der Waals surface area contributed by atoms with Crippen LogP contribution in [0.5, 0.6) is 0 Å². The summed E-state index contributed by atoms with van der Waals surface area (Å²) in [5, 5.41) is 2.99. The summed E-state index contributed by atoms with van der Waals surface area (Å²) in [5.74, 6) is 0.926. The van der Waals surface area contributed by atoms with E-state index in [0.29, 0.717) is 12.3 Å². The molecule has 1 N–H and O–H groups in total. The van der Waals surface area contributed by atoms with Gasteiger partial charge in [-0.1, -0.05) is 52.3 Å². The van der Waals surface area contributed by atoms with E-state index in [1.54, 1.807) is 23.6 Å². The molecule has 0 saturated heterocycles. The summed E-state index contributed by atoms with van der Waals surface area (Å²) < 4.78 is 0.983. The average molecular weight is 491 g/mol. The molecular weight excluding hydrogens is 460 g/mol. The third-order valence-corrected chi connectivity index (χ3v) is 6.17. The van der Waals surface area contributed by atoms with Crippen LogP contribution in [0.25, 0.3) is 0 Å². The first-order valence-corrected chi connectivity index (χ1v) is 12.0. The van der Waals surface area contributed by atoms with Gasteiger partial charge in [-0.05, 0) is 63.4 Å². The number of thioether (sulfide) groups is 1. The van der Waals surface area contributed by atoms with Gasteiger partial charge in [-0.3, -0.25) is 9.59 Å². The molecule has 0 bridgehead atoms. The van der Waals surface area contributed by atoms with Gasteiger partial charge < -0.3 is 10.2 Å². The number of carbonyl (C=O) groups is 2. The predicted octanol–water partition coefficient (Wildman–Crippen LogP) is 5.32. The molecule has 2 rings (SSSR count). The number of benzene rings is 2. The lowest BCUT2D eigenvalue weighted by atomic mass is 10.1. The number of aryl methyl sites for hydroxylation is 1. The van der Waals surface area contributed by atoms with Gasteiger partial charge in [0, 0.05) is 22.3 Å². The maximum absolute atomic E-state index is 13.1. The largest absolute Gasteiger partial charge is 0.350 e. The van der Waals surface area contributed by atoms with Gasteiger partial charge in [-0.15, -0.1) is 11.8 Å². The van der Waals surface area contributed by atoms with Crippen LogP contribution in [0.3, 0.4) is 0 Å². The molecule has 0 saturated carbocycles. The van der Waals surface area contributed by atoms with Gasteiger partial charge in [0.1, 0.15) is 6.04 Å². The standard InChI is InChI=1S/C24H31BrN2O2S/c1-17-8-6-7-9-20(17)15-30-16-22(28)27(14-19-10-12-21(25)13-11-19)18(2)23(29)26-24(3,4)5/h6-13,18H,14-16H2,1-5H3,(H,26,29). The fraction of sp³-hybridized carbons (Fsp3) is 0.417. The van der Waals surface area contributed by atoms with Crippen molar-refractivity contribution < 1.29 is 9.59 Å². The van der Waals surface area contributed by atoms with Crippen molar-refractivity contribution in [1.82, 2.24) is 10.2 Å². The van der Waals surface area contributed by atoms with Gasteiger partial charge in [0.25, 0.3) is 0 Å². The van der Waals surface area contributed by atoms with Crippen LogP contribution in [0.15, 0.2) is 53.0 Å². The topological polar surface area (TPSA) is 49.4 Å². The first-order valence-electron chi connectivity index (χ1n) is 10.0. The zero-order valence-corrected chi connectivity index (χ0v) is 20.8. The summed E-state index contributed by atoms with van der Waals surface area (Å²) in [6.45, 7) is 10.1. The molecule has 0 aliphatic carbocycles. The molecular formula is C24H31BrN2O2S. The lowest BCUT2D eigenvalue weighted by Crippen LogP contribution is -2.52. The van der Waals surface area contributed by atoms with Gasteiger partial charge >= 0.3 is 0 Å². The average Bonchev–Trinajstić information content (AvgIpc) is 2.67. The zero-order valence-electron chi connectivity index (χ0n) is 18.4. The van der Waals surface area contributed by atoms with Crippen LogP contribution in [0.2, 0.25) is 0 Å². The molecule has 2 aromatic rings. The highest BCUT2D eigenvalue weighted by molar-refractivity contribution is 9.10. The highest BCUT2D eigenvalue weighted by atomic mass is 79.9. The highest BCUT2D eigenvalue weighted by Gasteiger charge is 2.28. The number of halogens is 1. The van der Waals surface area contributed by atoms with Crippen molar-refractivity contribution in [2.24, 2.45) is 0 Å². The summed E-state index contributed by atoms with van der Waals surface area (Å²) in [5.41, 5.74) is 3.10. The third-order valence-electron chi connectivity index (χ3n) is 4.68. The van der Waals surface area contributed by atoms with Gasteiger partial charge in [0.05, 0.1) is 5.75 Å². The van der Waals surface area contributed by atoms with Crippen molar-refractivity contribution in [2.45, 2.75) is 58.5 Å². The lowest BCUT2D eigenvalue weighted by molar-refractivity contribution is -0.139. The number of nitrogens with zero attached hydrogens (tertiary/aromatic N) is 1. The third kappa shape index (κ3) is 7.80. The predicted molar refractivity (Wildman–Crippen MR) is 129 cm³/mol. The van der Waals surface area contributed by atoms with E-state index in [1.165, 1.54) is 11.1 Å². The number of amides is 2. The Kier molecular flexibility index (Phi) is 8.98. The van der Waals surface area contributed by atoms with E-state index in [9.17, 15) is 9.59 Å². The van der Waals surface area contributed by atoms with Crippen LogP contribution in [0.1, 0.15) is 44.4 Å². The Hall–Kier alpha value is -1.79. The van der Waals surface area contributed by atoms with Gasteiger partial charge in [0.15, 0.2) is 0 Å². The van der Waals surface area contributed by atoms with Crippen LogP contribution < -0.4 is 5.32 Å². The Labute approximate surface area is 192 Å². The van der Waals surface area contributed by atoms with E-state index in [-0.39, 0.29) is 17.4 Å². The number of nitrogens with one attached hydrogen (secondary N) is 1.